The number of alkyl halides is 3. The van der Waals surface area contributed by atoms with Crippen molar-refractivity contribution in [1.29, 1.82) is 0 Å². The molecule has 2 aromatic rings. The van der Waals surface area contributed by atoms with E-state index in [9.17, 15) is 13.2 Å². The van der Waals surface area contributed by atoms with Gasteiger partial charge in [0.2, 0.25) is 0 Å². The normalized spacial score (nSPS) is 17.9. The first-order chi connectivity index (χ1) is 11.1. The third-order valence-corrected chi connectivity index (χ3v) is 4.09. The first-order valence-electron chi connectivity index (χ1n) is 7.57. The standard InChI is InChI=1S/C17H18F3N3/c18-17(19,20)15-3-1-13(2-4-15)16(14-5-7-21-8-6-14)23-11-9-22-10-12-23/h1-8,16,22H,9-12H2/t16-/m1/s1. The number of hydrogen-bond donors (Lipinski definition) is 1. The minimum absolute atomic E-state index is 0.0533. The van der Waals surface area contributed by atoms with Crippen molar-refractivity contribution in [2.24, 2.45) is 0 Å². The molecule has 0 aliphatic carbocycles. The Morgan fingerprint density at radius 1 is 0.913 bits per heavy atom. The number of hydrogen-bond acceptors (Lipinski definition) is 3. The molecule has 0 radical (unpaired) electrons. The fourth-order valence-electron chi connectivity index (χ4n) is 2.95. The number of piperazine rings is 1. The van der Waals surface area contributed by atoms with E-state index >= 15 is 0 Å². The van der Waals surface area contributed by atoms with Gasteiger partial charge in [0.1, 0.15) is 0 Å². The summed E-state index contributed by atoms with van der Waals surface area (Å²) in [5.41, 5.74) is 1.29. The summed E-state index contributed by atoms with van der Waals surface area (Å²) in [5.74, 6) is 0. The predicted octanol–water partition coefficient (Wildman–Crippen LogP) is 3.10. The lowest BCUT2D eigenvalue weighted by molar-refractivity contribution is -0.137. The maximum Gasteiger partial charge on any atom is 0.416 e. The highest BCUT2D eigenvalue weighted by atomic mass is 19.4. The van der Waals surface area contributed by atoms with Crippen LogP contribution in [0, 0.1) is 0 Å². The van der Waals surface area contributed by atoms with Crippen LogP contribution in [0.1, 0.15) is 22.7 Å². The van der Waals surface area contributed by atoms with Crippen LogP contribution in [0.5, 0.6) is 0 Å². The zero-order chi connectivity index (χ0) is 16.3. The van der Waals surface area contributed by atoms with E-state index in [2.05, 4.69) is 15.2 Å². The van der Waals surface area contributed by atoms with Gasteiger partial charge in [0, 0.05) is 38.6 Å². The molecular formula is C17H18F3N3. The van der Waals surface area contributed by atoms with Crippen molar-refractivity contribution in [2.75, 3.05) is 26.2 Å². The van der Waals surface area contributed by atoms with Crippen LogP contribution in [0.25, 0.3) is 0 Å². The molecule has 0 amide bonds. The molecule has 1 N–H and O–H groups in total. The number of halogens is 3. The summed E-state index contributed by atoms with van der Waals surface area (Å²) >= 11 is 0. The van der Waals surface area contributed by atoms with Crippen LogP contribution < -0.4 is 5.32 Å². The van der Waals surface area contributed by atoms with Crippen molar-refractivity contribution >= 4 is 0 Å². The van der Waals surface area contributed by atoms with Crippen LogP contribution in [0.3, 0.4) is 0 Å². The van der Waals surface area contributed by atoms with E-state index in [4.69, 9.17) is 0 Å². The van der Waals surface area contributed by atoms with Crippen molar-refractivity contribution in [3.63, 3.8) is 0 Å². The van der Waals surface area contributed by atoms with Gasteiger partial charge in [-0.1, -0.05) is 12.1 Å². The van der Waals surface area contributed by atoms with Crippen LogP contribution >= 0.6 is 0 Å². The summed E-state index contributed by atoms with van der Waals surface area (Å²) in [6.45, 7) is 3.46. The Kier molecular flexibility index (Phi) is 4.63. The number of nitrogens with one attached hydrogen (secondary N) is 1. The van der Waals surface area contributed by atoms with Crippen LogP contribution in [-0.2, 0) is 6.18 Å². The molecular weight excluding hydrogens is 303 g/mol. The molecule has 0 spiro atoms. The second-order valence-electron chi connectivity index (χ2n) is 5.59. The average Bonchev–Trinajstić information content (AvgIpc) is 2.57. The Labute approximate surface area is 133 Å². The van der Waals surface area contributed by atoms with E-state index < -0.39 is 11.7 Å². The van der Waals surface area contributed by atoms with E-state index in [1.807, 2.05) is 12.1 Å². The quantitative estimate of drug-likeness (QED) is 0.941. The van der Waals surface area contributed by atoms with Crippen molar-refractivity contribution in [3.05, 3.63) is 65.5 Å². The van der Waals surface area contributed by atoms with Gasteiger partial charge < -0.3 is 5.32 Å². The lowest BCUT2D eigenvalue weighted by atomic mass is 9.96. The van der Waals surface area contributed by atoms with E-state index in [0.29, 0.717) is 0 Å². The number of pyridine rings is 1. The van der Waals surface area contributed by atoms with E-state index in [1.54, 1.807) is 24.5 Å². The fourth-order valence-corrected chi connectivity index (χ4v) is 2.95. The first kappa shape index (κ1) is 16.0. The molecule has 1 atom stereocenters. The number of aromatic nitrogens is 1. The Balaban J connectivity index is 1.94. The number of nitrogens with zero attached hydrogens (tertiary/aromatic N) is 2. The van der Waals surface area contributed by atoms with Crippen molar-refractivity contribution < 1.29 is 13.2 Å². The third kappa shape index (κ3) is 3.71. The van der Waals surface area contributed by atoms with Gasteiger partial charge in [0.25, 0.3) is 0 Å². The molecule has 0 saturated carbocycles. The van der Waals surface area contributed by atoms with Crippen LogP contribution in [0.4, 0.5) is 13.2 Å². The van der Waals surface area contributed by atoms with Crippen LogP contribution in [-0.4, -0.2) is 36.1 Å². The van der Waals surface area contributed by atoms with Gasteiger partial charge in [0.15, 0.2) is 0 Å². The Morgan fingerprint density at radius 3 is 2.04 bits per heavy atom. The number of benzene rings is 1. The zero-order valence-corrected chi connectivity index (χ0v) is 12.6. The monoisotopic (exact) mass is 321 g/mol. The average molecular weight is 321 g/mol. The van der Waals surface area contributed by atoms with E-state index in [0.717, 1.165) is 49.4 Å². The molecule has 1 saturated heterocycles. The Morgan fingerprint density at radius 2 is 1.48 bits per heavy atom. The molecule has 1 fully saturated rings. The molecule has 23 heavy (non-hydrogen) atoms. The minimum Gasteiger partial charge on any atom is -0.314 e. The van der Waals surface area contributed by atoms with Gasteiger partial charge in [0.05, 0.1) is 11.6 Å². The topological polar surface area (TPSA) is 28.2 Å². The summed E-state index contributed by atoms with van der Waals surface area (Å²) in [5, 5.41) is 3.30. The fraction of sp³-hybridized carbons (Fsp3) is 0.353. The predicted molar refractivity (Wildman–Crippen MR) is 82.0 cm³/mol. The van der Waals surface area contributed by atoms with Crippen molar-refractivity contribution in [3.8, 4) is 0 Å². The summed E-state index contributed by atoms with van der Waals surface area (Å²) in [4.78, 5) is 6.32. The van der Waals surface area contributed by atoms with Gasteiger partial charge >= 0.3 is 6.18 Å². The Bertz CT molecular complexity index is 620. The van der Waals surface area contributed by atoms with E-state index in [-0.39, 0.29) is 6.04 Å². The molecule has 3 rings (SSSR count). The van der Waals surface area contributed by atoms with Crippen LogP contribution in [0.15, 0.2) is 48.8 Å². The molecule has 0 bridgehead atoms. The number of rotatable bonds is 3. The second kappa shape index (κ2) is 6.68. The molecule has 3 nitrogen and oxygen atoms in total. The van der Waals surface area contributed by atoms with Crippen molar-refractivity contribution in [2.45, 2.75) is 12.2 Å². The summed E-state index contributed by atoms with van der Waals surface area (Å²) in [6, 6.07) is 9.26. The maximum absolute atomic E-state index is 12.8. The highest BCUT2D eigenvalue weighted by molar-refractivity contribution is 5.33. The molecule has 1 aliphatic heterocycles. The van der Waals surface area contributed by atoms with Gasteiger partial charge in [-0.25, -0.2) is 0 Å². The molecule has 1 aliphatic rings. The molecule has 1 aromatic heterocycles. The van der Waals surface area contributed by atoms with Gasteiger partial charge in [-0.2, -0.15) is 13.2 Å². The lowest BCUT2D eigenvalue weighted by Gasteiger charge is -2.35. The van der Waals surface area contributed by atoms with Crippen molar-refractivity contribution in [1.82, 2.24) is 15.2 Å². The molecule has 6 heteroatoms. The highest BCUT2D eigenvalue weighted by Crippen LogP contribution is 2.33. The first-order valence-corrected chi connectivity index (χ1v) is 7.57. The third-order valence-electron chi connectivity index (χ3n) is 4.09. The summed E-state index contributed by atoms with van der Waals surface area (Å²) in [7, 11) is 0. The molecule has 122 valence electrons. The smallest absolute Gasteiger partial charge is 0.314 e. The largest absolute Gasteiger partial charge is 0.416 e. The second-order valence-corrected chi connectivity index (χ2v) is 5.59. The van der Waals surface area contributed by atoms with E-state index in [1.165, 1.54) is 0 Å². The lowest BCUT2D eigenvalue weighted by Crippen LogP contribution is -2.45. The van der Waals surface area contributed by atoms with Crippen LogP contribution in [0.2, 0.25) is 0 Å². The van der Waals surface area contributed by atoms with Gasteiger partial charge in [-0.05, 0) is 35.4 Å². The Hall–Kier alpha value is -1.92. The molecule has 1 aromatic carbocycles. The maximum atomic E-state index is 12.8. The highest BCUT2D eigenvalue weighted by Gasteiger charge is 2.31. The SMILES string of the molecule is FC(F)(F)c1ccc([C@H](c2ccncc2)N2CCNCC2)cc1. The summed E-state index contributed by atoms with van der Waals surface area (Å²) in [6.07, 6.45) is -0.872. The van der Waals surface area contributed by atoms with Gasteiger partial charge in [-0.15, -0.1) is 0 Å². The zero-order valence-electron chi connectivity index (χ0n) is 12.6. The molecule has 2 heterocycles. The minimum atomic E-state index is -4.31. The molecule has 0 unspecified atom stereocenters. The van der Waals surface area contributed by atoms with Gasteiger partial charge in [-0.3, -0.25) is 9.88 Å². The summed E-state index contributed by atoms with van der Waals surface area (Å²) < 4.78 is 38.3.